The first kappa shape index (κ1) is 18.3. The third-order valence-electron chi connectivity index (χ3n) is 3.54. The van der Waals surface area contributed by atoms with Gasteiger partial charge in [0.05, 0.1) is 22.1 Å². The van der Waals surface area contributed by atoms with Crippen molar-refractivity contribution >= 4 is 57.0 Å². The van der Waals surface area contributed by atoms with Crippen LogP contribution in [-0.4, -0.2) is 27.1 Å². The van der Waals surface area contributed by atoms with Gasteiger partial charge < -0.3 is 15.7 Å². The number of aliphatic imine (C=N–C) groups is 1. The molecule has 1 saturated heterocycles. The highest BCUT2D eigenvalue weighted by Crippen LogP contribution is 2.31. The van der Waals surface area contributed by atoms with Crippen LogP contribution in [0.1, 0.15) is 22.9 Å². The van der Waals surface area contributed by atoms with Crippen LogP contribution < -0.4 is 10.6 Å². The van der Waals surface area contributed by atoms with Crippen molar-refractivity contribution in [2.24, 2.45) is 4.99 Å². The van der Waals surface area contributed by atoms with Gasteiger partial charge in [0.1, 0.15) is 0 Å². The summed E-state index contributed by atoms with van der Waals surface area (Å²) in [5, 5.41) is 15.6. The maximum Gasteiger partial charge on any atom is 0.264 e. The second kappa shape index (κ2) is 7.81. The Kier molecular flexibility index (Phi) is 5.50. The average molecular weight is 388 g/mol. The number of aliphatic hydroxyl groups excluding tert-OH is 1. The summed E-state index contributed by atoms with van der Waals surface area (Å²) in [6.45, 7) is 3.23. The van der Waals surface area contributed by atoms with Gasteiger partial charge in [-0.25, -0.2) is 9.98 Å². The molecule has 0 unspecified atom stereocenters. The fraction of sp³-hybridized carbons (Fsp3) is 0.176. The lowest BCUT2D eigenvalue weighted by atomic mass is 10.1. The van der Waals surface area contributed by atoms with Crippen molar-refractivity contribution in [2.45, 2.75) is 20.5 Å². The Hall–Kier alpha value is -2.49. The van der Waals surface area contributed by atoms with E-state index in [1.807, 2.05) is 25.1 Å². The highest BCUT2D eigenvalue weighted by Gasteiger charge is 2.24. The summed E-state index contributed by atoms with van der Waals surface area (Å²) in [5.74, 6) is -0.430. The minimum absolute atomic E-state index is 0.0583. The number of benzene rings is 1. The number of thiazole rings is 1. The van der Waals surface area contributed by atoms with Gasteiger partial charge in [-0.3, -0.25) is 9.59 Å². The van der Waals surface area contributed by atoms with Crippen LogP contribution in [-0.2, 0) is 16.2 Å². The van der Waals surface area contributed by atoms with Crippen molar-refractivity contribution in [2.75, 3.05) is 5.32 Å². The van der Waals surface area contributed by atoms with Gasteiger partial charge in [-0.2, -0.15) is 0 Å². The molecule has 1 aromatic carbocycles. The van der Waals surface area contributed by atoms with Crippen molar-refractivity contribution in [3.63, 3.8) is 0 Å². The largest absolute Gasteiger partial charge is 0.392 e. The van der Waals surface area contributed by atoms with E-state index in [-0.39, 0.29) is 18.4 Å². The normalized spacial score (nSPS) is 17.0. The summed E-state index contributed by atoms with van der Waals surface area (Å²) < 4.78 is 0. The molecule has 3 N–H and O–H groups in total. The van der Waals surface area contributed by atoms with Crippen LogP contribution in [0.2, 0.25) is 0 Å². The van der Waals surface area contributed by atoms with Crippen molar-refractivity contribution in [1.82, 2.24) is 10.3 Å². The van der Waals surface area contributed by atoms with E-state index in [1.165, 1.54) is 30.0 Å². The molecule has 9 heteroatoms. The molecule has 0 saturated carbocycles. The van der Waals surface area contributed by atoms with Crippen LogP contribution in [0, 0.1) is 6.92 Å². The molecule has 1 aliphatic rings. The van der Waals surface area contributed by atoms with Gasteiger partial charge in [0.15, 0.2) is 10.3 Å². The van der Waals surface area contributed by atoms with Crippen molar-refractivity contribution in [3.8, 4) is 0 Å². The Morgan fingerprint density at radius 3 is 3.00 bits per heavy atom. The Balaban J connectivity index is 1.80. The van der Waals surface area contributed by atoms with Crippen LogP contribution in [0.15, 0.2) is 34.3 Å². The van der Waals surface area contributed by atoms with Gasteiger partial charge in [0.25, 0.3) is 5.91 Å². The zero-order chi connectivity index (χ0) is 18.7. The Morgan fingerprint density at radius 2 is 2.27 bits per heavy atom. The molecule has 2 aromatic rings. The number of nitrogens with one attached hydrogen (secondary N) is 2. The molecule has 0 aliphatic carbocycles. The van der Waals surface area contributed by atoms with Crippen LogP contribution in [0.25, 0.3) is 6.08 Å². The average Bonchev–Trinajstić information content (AvgIpc) is 3.16. The van der Waals surface area contributed by atoms with E-state index in [0.29, 0.717) is 20.9 Å². The fourth-order valence-electron chi connectivity index (χ4n) is 2.24. The Morgan fingerprint density at radius 1 is 1.46 bits per heavy atom. The van der Waals surface area contributed by atoms with E-state index >= 15 is 0 Å². The predicted molar refractivity (Wildman–Crippen MR) is 104 cm³/mol. The van der Waals surface area contributed by atoms with Crippen LogP contribution in [0.5, 0.6) is 0 Å². The summed E-state index contributed by atoms with van der Waals surface area (Å²) in [4.78, 5) is 33.0. The molecule has 0 atom stereocenters. The first-order valence-corrected chi connectivity index (χ1v) is 9.32. The van der Waals surface area contributed by atoms with E-state index in [9.17, 15) is 14.7 Å². The second-order valence-electron chi connectivity index (χ2n) is 5.45. The lowest BCUT2D eigenvalue weighted by molar-refractivity contribution is -0.115. The molecule has 0 spiro atoms. The molecule has 1 aromatic heterocycles. The first-order valence-electron chi connectivity index (χ1n) is 7.68. The lowest BCUT2D eigenvalue weighted by Gasteiger charge is -2.05. The molecule has 1 fully saturated rings. The lowest BCUT2D eigenvalue weighted by Crippen LogP contribution is -2.19. The molecule has 134 valence electrons. The van der Waals surface area contributed by atoms with E-state index in [1.54, 1.807) is 12.3 Å². The van der Waals surface area contributed by atoms with Crippen molar-refractivity contribution < 1.29 is 14.7 Å². The number of thioether (sulfide) groups is 1. The quantitative estimate of drug-likeness (QED) is 0.699. The zero-order valence-corrected chi connectivity index (χ0v) is 15.7. The number of hydrogen-bond acceptors (Lipinski definition) is 7. The monoisotopic (exact) mass is 388 g/mol. The maximum atomic E-state index is 12.2. The minimum atomic E-state index is -0.237. The Bertz CT molecular complexity index is 934. The van der Waals surface area contributed by atoms with Gasteiger partial charge >= 0.3 is 0 Å². The van der Waals surface area contributed by atoms with Gasteiger partial charge in [-0.1, -0.05) is 23.5 Å². The van der Waals surface area contributed by atoms with Crippen LogP contribution in [0.4, 0.5) is 10.8 Å². The van der Waals surface area contributed by atoms with E-state index in [0.717, 1.165) is 16.0 Å². The molecule has 0 radical (unpaired) electrons. The highest BCUT2D eigenvalue weighted by molar-refractivity contribution is 8.18. The summed E-state index contributed by atoms with van der Waals surface area (Å²) in [6, 6.07) is 5.48. The SMILES string of the molecule is CC(=O)Nc1ncc(C=C2SC(=Nc3cccc(CO)c3C)NC2=O)s1. The number of anilines is 1. The van der Waals surface area contributed by atoms with E-state index < -0.39 is 0 Å². The fourth-order valence-corrected chi connectivity index (χ4v) is 3.95. The molecule has 2 amide bonds. The zero-order valence-electron chi connectivity index (χ0n) is 14.1. The summed E-state index contributed by atoms with van der Waals surface area (Å²) in [7, 11) is 0. The van der Waals surface area contributed by atoms with Crippen LogP contribution in [0.3, 0.4) is 0 Å². The number of hydrogen-bond donors (Lipinski definition) is 3. The number of amidine groups is 1. The number of aliphatic hydroxyl groups is 1. The molecule has 7 nitrogen and oxygen atoms in total. The van der Waals surface area contributed by atoms with E-state index in [2.05, 4.69) is 20.6 Å². The highest BCUT2D eigenvalue weighted by atomic mass is 32.2. The van der Waals surface area contributed by atoms with E-state index in [4.69, 9.17) is 0 Å². The third-order valence-corrected chi connectivity index (χ3v) is 5.31. The molecule has 1 aliphatic heterocycles. The summed E-state index contributed by atoms with van der Waals surface area (Å²) in [6.07, 6.45) is 3.31. The third kappa shape index (κ3) is 4.18. The number of nitrogens with zero attached hydrogens (tertiary/aromatic N) is 2. The molecule has 3 rings (SSSR count). The van der Waals surface area contributed by atoms with Crippen molar-refractivity contribution in [1.29, 1.82) is 0 Å². The smallest absolute Gasteiger partial charge is 0.264 e. The number of carbonyl (C=O) groups is 2. The second-order valence-corrected chi connectivity index (χ2v) is 7.54. The van der Waals surface area contributed by atoms with Gasteiger partial charge in [-0.05, 0) is 42.0 Å². The van der Waals surface area contributed by atoms with Gasteiger partial charge in [0.2, 0.25) is 5.91 Å². The number of carbonyl (C=O) groups excluding carboxylic acids is 2. The topological polar surface area (TPSA) is 104 Å². The Labute approximate surface area is 158 Å². The maximum absolute atomic E-state index is 12.2. The summed E-state index contributed by atoms with van der Waals surface area (Å²) >= 11 is 2.52. The number of amides is 2. The number of rotatable bonds is 4. The minimum Gasteiger partial charge on any atom is -0.392 e. The predicted octanol–water partition coefficient (Wildman–Crippen LogP) is 2.79. The number of aromatic nitrogens is 1. The van der Waals surface area contributed by atoms with Gasteiger partial charge in [0, 0.05) is 13.1 Å². The first-order chi connectivity index (χ1) is 12.5. The molecule has 2 heterocycles. The summed E-state index contributed by atoms with van der Waals surface area (Å²) in [5.41, 5.74) is 2.37. The van der Waals surface area contributed by atoms with Crippen molar-refractivity contribution in [3.05, 3.63) is 45.3 Å². The molecule has 0 bridgehead atoms. The van der Waals surface area contributed by atoms with Crippen LogP contribution >= 0.6 is 23.1 Å². The molecule has 26 heavy (non-hydrogen) atoms. The standard InChI is InChI=1S/C17H16N4O3S2/c1-9-11(8-22)4-3-5-13(9)20-17-21-15(24)14(26-17)6-12-7-18-16(25-12)19-10(2)23/h3-7,22H,8H2,1-2H3,(H,18,19,23)(H,20,21,24). The van der Waals surface area contributed by atoms with Gasteiger partial charge in [-0.15, -0.1) is 0 Å². The molecular formula is C17H16N4O3S2. The molecular weight excluding hydrogens is 372 g/mol.